The molecule has 0 spiro atoms. The van der Waals surface area contributed by atoms with E-state index in [4.69, 9.17) is 9.15 Å². The van der Waals surface area contributed by atoms with Crippen LogP contribution >= 0.6 is 0 Å². The van der Waals surface area contributed by atoms with Crippen LogP contribution in [0, 0.1) is 0 Å². The van der Waals surface area contributed by atoms with Gasteiger partial charge in [-0.3, -0.25) is 9.36 Å². The number of furan rings is 1. The summed E-state index contributed by atoms with van der Waals surface area (Å²) in [5.41, 5.74) is 4.90. The summed E-state index contributed by atoms with van der Waals surface area (Å²) in [6.45, 7) is 6.95. The van der Waals surface area contributed by atoms with Crippen LogP contribution in [0.5, 0.6) is 0 Å². The Morgan fingerprint density at radius 3 is 2.26 bits per heavy atom. The molecule has 3 aromatic carbocycles. The van der Waals surface area contributed by atoms with Crippen LogP contribution in [0.15, 0.2) is 83.6 Å². The Balaban J connectivity index is 1.75. The second kappa shape index (κ2) is 8.03. The Bertz CT molecular complexity index is 1550. The largest absolute Gasteiger partial charge is 0.463 e. The zero-order chi connectivity index (χ0) is 24.0. The summed E-state index contributed by atoms with van der Waals surface area (Å²) in [4.78, 5) is 25.6. The number of hydrogen-bond donors (Lipinski definition) is 0. The molecule has 5 rings (SSSR count). The number of carbonyl (C=O) groups is 2. The maximum absolute atomic E-state index is 12.9. The average Bonchev–Trinajstić information content (AvgIpc) is 3.40. The van der Waals surface area contributed by atoms with Crippen molar-refractivity contribution < 1.29 is 18.7 Å². The summed E-state index contributed by atoms with van der Waals surface area (Å²) >= 11 is 0. The van der Waals surface area contributed by atoms with Gasteiger partial charge >= 0.3 is 6.09 Å². The number of para-hydroxylation sites is 1. The summed E-state index contributed by atoms with van der Waals surface area (Å²) in [6, 6.07) is 21.7. The molecule has 0 radical (unpaired) electrons. The lowest BCUT2D eigenvalue weighted by atomic mass is 9.95. The molecule has 5 heteroatoms. The van der Waals surface area contributed by atoms with Crippen molar-refractivity contribution in [3.63, 3.8) is 0 Å². The minimum atomic E-state index is -0.657. The lowest BCUT2D eigenvalue weighted by Gasteiger charge is -2.19. The van der Waals surface area contributed by atoms with Gasteiger partial charge in [-0.1, -0.05) is 60.7 Å². The third kappa shape index (κ3) is 3.69. The lowest BCUT2D eigenvalue weighted by Crippen LogP contribution is -2.26. The molecule has 0 atom stereocenters. The topological polar surface area (TPSA) is 61.4 Å². The van der Waals surface area contributed by atoms with E-state index in [0.29, 0.717) is 16.5 Å². The van der Waals surface area contributed by atoms with Crippen molar-refractivity contribution in [3.8, 4) is 22.3 Å². The molecule has 0 N–H and O–H groups in total. The molecule has 0 unspecified atom stereocenters. The first-order valence-electron chi connectivity index (χ1n) is 11.2. The molecule has 0 aliphatic rings. The zero-order valence-electron chi connectivity index (χ0n) is 19.6. The second-order valence-electron chi connectivity index (χ2n) is 9.35. The van der Waals surface area contributed by atoms with Crippen LogP contribution in [0.1, 0.15) is 38.1 Å². The lowest BCUT2D eigenvalue weighted by molar-refractivity contribution is 0.0544. The highest BCUT2D eigenvalue weighted by atomic mass is 16.6. The first-order chi connectivity index (χ1) is 16.2. The van der Waals surface area contributed by atoms with Crippen molar-refractivity contribution in [2.75, 3.05) is 0 Å². The van der Waals surface area contributed by atoms with E-state index >= 15 is 0 Å². The maximum atomic E-state index is 12.9. The highest BCUT2D eigenvalue weighted by Gasteiger charge is 2.24. The first kappa shape index (κ1) is 21.7. The van der Waals surface area contributed by atoms with E-state index in [9.17, 15) is 9.59 Å². The summed E-state index contributed by atoms with van der Waals surface area (Å²) in [5, 5.41) is 1.68. The van der Waals surface area contributed by atoms with Gasteiger partial charge in [0.05, 0.1) is 11.8 Å². The van der Waals surface area contributed by atoms with Crippen LogP contribution in [0.25, 0.3) is 44.1 Å². The normalized spacial score (nSPS) is 11.8. The fourth-order valence-corrected chi connectivity index (χ4v) is 4.35. The fraction of sp³-hybridized carbons (Fsp3) is 0.172. The van der Waals surface area contributed by atoms with E-state index in [1.165, 1.54) is 11.5 Å². The minimum absolute atomic E-state index is 0.128. The summed E-state index contributed by atoms with van der Waals surface area (Å²) < 4.78 is 13.1. The second-order valence-corrected chi connectivity index (χ2v) is 9.35. The number of fused-ring (bicyclic) bond motifs is 2. The number of aromatic nitrogens is 1. The van der Waals surface area contributed by atoms with E-state index in [2.05, 4.69) is 0 Å². The van der Waals surface area contributed by atoms with Crippen LogP contribution in [-0.4, -0.2) is 22.0 Å². The van der Waals surface area contributed by atoms with Crippen LogP contribution in [0.4, 0.5) is 4.79 Å². The van der Waals surface area contributed by atoms with Crippen LogP contribution in [0.3, 0.4) is 0 Å². The Labute approximate surface area is 197 Å². The van der Waals surface area contributed by atoms with Crippen molar-refractivity contribution in [2.45, 2.75) is 33.3 Å². The quantitative estimate of drug-likeness (QED) is 0.264. The molecule has 2 aromatic heterocycles. The first-order valence-corrected chi connectivity index (χ1v) is 11.2. The van der Waals surface area contributed by atoms with Gasteiger partial charge in [0.15, 0.2) is 5.78 Å². The molecule has 5 aromatic rings. The average molecular weight is 452 g/mol. The standard InChI is InChI=1S/C29H25NO4/c1-18(31)23-16-30(28(32)34-29(2,3)4)25-15-9-12-20(26(23)25)21-13-8-14-22-24(17-33-27(21)22)19-10-6-5-7-11-19/h5-17H,1-4H3. The third-order valence-corrected chi connectivity index (χ3v) is 5.77. The Morgan fingerprint density at radius 1 is 0.853 bits per heavy atom. The molecule has 0 fully saturated rings. The van der Waals surface area contributed by atoms with Gasteiger partial charge in [-0.15, -0.1) is 0 Å². The van der Waals surface area contributed by atoms with Crippen molar-refractivity contribution >= 4 is 33.7 Å². The van der Waals surface area contributed by atoms with Gasteiger partial charge in [-0.25, -0.2) is 4.79 Å². The number of benzene rings is 3. The van der Waals surface area contributed by atoms with Crippen molar-refractivity contribution in [3.05, 3.63) is 84.8 Å². The molecule has 0 aliphatic heterocycles. The molecule has 0 saturated heterocycles. The number of hydrogen-bond acceptors (Lipinski definition) is 4. The van der Waals surface area contributed by atoms with E-state index < -0.39 is 11.7 Å². The van der Waals surface area contributed by atoms with Crippen molar-refractivity contribution in [1.29, 1.82) is 0 Å². The van der Waals surface area contributed by atoms with E-state index in [1.54, 1.807) is 12.5 Å². The molecule has 0 aliphatic carbocycles. The molecule has 0 amide bonds. The van der Waals surface area contributed by atoms with Gasteiger partial charge in [0.2, 0.25) is 0 Å². The predicted octanol–water partition coefficient (Wildman–Crippen LogP) is 7.71. The zero-order valence-corrected chi connectivity index (χ0v) is 19.6. The molecule has 34 heavy (non-hydrogen) atoms. The molecule has 2 heterocycles. The summed E-state index contributed by atoms with van der Waals surface area (Å²) in [7, 11) is 0. The summed E-state index contributed by atoms with van der Waals surface area (Å²) in [5.74, 6) is -0.128. The summed E-state index contributed by atoms with van der Waals surface area (Å²) in [6.07, 6.45) is 2.81. The smallest absolute Gasteiger partial charge is 0.419 e. The van der Waals surface area contributed by atoms with Crippen LogP contribution in [-0.2, 0) is 4.74 Å². The SMILES string of the molecule is CC(=O)c1cn(C(=O)OC(C)(C)C)c2cccc(-c3cccc4c(-c5ccccc5)coc34)c12. The van der Waals surface area contributed by atoms with Gasteiger partial charge < -0.3 is 9.15 Å². The molecule has 5 nitrogen and oxygen atoms in total. The number of rotatable bonds is 3. The number of Topliss-reactive ketones (excluding diaryl/α,β-unsaturated/α-hetero) is 1. The third-order valence-electron chi connectivity index (χ3n) is 5.77. The van der Waals surface area contributed by atoms with Crippen molar-refractivity contribution in [2.24, 2.45) is 0 Å². The number of ketones is 1. The fourth-order valence-electron chi connectivity index (χ4n) is 4.35. The van der Waals surface area contributed by atoms with Crippen LogP contribution in [0.2, 0.25) is 0 Å². The highest BCUT2D eigenvalue weighted by molar-refractivity contribution is 6.16. The Kier molecular flexibility index (Phi) is 5.13. The number of ether oxygens (including phenoxy) is 1. The number of nitrogens with zero attached hydrogens (tertiary/aromatic N) is 1. The molecule has 0 saturated carbocycles. The monoisotopic (exact) mass is 451 g/mol. The van der Waals surface area contributed by atoms with E-state index in [0.717, 1.165) is 33.2 Å². The Morgan fingerprint density at radius 2 is 1.56 bits per heavy atom. The van der Waals surface area contributed by atoms with Crippen molar-refractivity contribution in [1.82, 2.24) is 4.57 Å². The maximum Gasteiger partial charge on any atom is 0.419 e. The van der Waals surface area contributed by atoms with E-state index in [-0.39, 0.29) is 5.78 Å². The minimum Gasteiger partial charge on any atom is -0.463 e. The molecular formula is C29H25NO4. The van der Waals surface area contributed by atoms with Gasteiger partial charge in [0.1, 0.15) is 11.2 Å². The Hall–Kier alpha value is -4.12. The molecule has 170 valence electrons. The molecule has 0 bridgehead atoms. The number of carbonyl (C=O) groups excluding carboxylic acids is 2. The van der Waals surface area contributed by atoms with Gasteiger partial charge in [-0.05, 0) is 44.9 Å². The van der Waals surface area contributed by atoms with Gasteiger partial charge in [-0.2, -0.15) is 0 Å². The van der Waals surface area contributed by atoms with E-state index in [1.807, 2.05) is 87.5 Å². The predicted molar refractivity (Wildman–Crippen MR) is 134 cm³/mol. The molecular weight excluding hydrogens is 426 g/mol. The highest BCUT2D eigenvalue weighted by Crippen LogP contribution is 2.40. The van der Waals surface area contributed by atoms with Crippen LogP contribution < -0.4 is 0 Å². The van der Waals surface area contributed by atoms with Gasteiger partial charge in [0, 0.05) is 33.7 Å². The van der Waals surface area contributed by atoms with Gasteiger partial charge in [0.25, 0.3) is 0 Å².